The number of hydrogen-bond donors (Lipinski definition) is 1. The molecule has 13 heavy (non-hydrogen) atoms. The summed E-state index contributed by atoms with van der Waals surface area (Å²) in [5, 5.41) is 9.18. The molecule has 0 aliphatic carbocycles. The maximum atomic E-state index is 5.25. The Morgan fingerprint density at radius 1 is 1.54 bits per heavy atom. The summed E-state index contributed by atoms with van der Waals surface area (Å²) in [6.07, 6.45) is 0.873. The molecule has 0 fully saturated rings. The fraction of sp³-hybridized carbons (Fsp3) is 0.750. The molecule has 5 heteroatoms. The summed E-state index contributed by atoms with van der Waals surface area (Å²) >= 11 is 1.58. The standard InChI is InChI=1S/C8H13N3OS/c1-8(2)5-6(11-12-8)13-7-9-3-4-10-7/h3-5H2,1-2H3,(H,9,10). The summed E-state index contributed by atoms with van der Waals surface area (Å²) in [4.78, 5) is 9.53. The van der Waals surface area contributed by atoms with Crippen molar-refractivity contribution in [1.29, 1.82) is 0 Å². The van der Waals surface area contributed by atoms with E-state index in [-0.39, 0.29) is 5.60 Å². The Hall–Kier alpha value is -0.710. The van der Waals surface area contributed by atoms with Crippen LogP contribution in [-0.4, -0.2) is 28.9 Å². The minimum Gasteiger partial charge on any atom is -0.389 e. The van der Waals surface area contributed by atoms with Crippen LogP contribution in [0.5, 0.6) is 0 Å². The van der Waals surface area contributed by atoms with Crippen LogP contribution in [0.15, 0.2) is 10.1 Å². The molecule has 0 bridgehead atoms. The third-order valence-electron chi connectivity index (χ3n) is 1.83. The summed E-state index contributed by atoms with van der Waals surface area (Å²) in [5.74, 6) is 0. The van der Waals surface area contributed by atoms with Gasteiger partial charge in [-0.15, -0.1) is 0 Å². The third-order valence-corrected chi connectivity index (χ3v) is 2.75. The zero-order valence-corrected chi connectivity index (χ0v) is 8.65. The second-order valence-electron chi connectivity index (χ2n) is 3.73. The van der Waals surface area contributed by atoms with Gasteiger partial charge >= 0.3 is 0 Å². The van der Waals surface area contributed by atoms with Gasteiger partial charge in [0.05, 0.1) is 6.54 Å². The molecule has 4 nitrogen and oxygen atoms in total. The normalized spacial score (nSPS) is 24.8. The molecule has 0 unspecified atom stereocenters. The molecule has 1 N–H and O–H groups in total. The Balaban J connectivity index is 1.90. The molecule has 72 valence electrons. The minimum atomic E-state index is -0.137. The van der Waals surface area contributed by atoms with Crippen LogP contribution in [0.4, 0.5) is 0 Å². The van der Waals surface area contributed by atoms with Crippen molar-refractivity contribution in [2.75, 3.05) is 13.1 Å². The van der Waals surface area contributed by atoms with E-state index in [1.807, 2.05) is 13.8 Å². The first-order valence-corrected chi connectivity index (χ1v) is 5.19. The van der Waals surface area contributed by atoms with Crippen molar-refractivity contribution in [3.8, 4) is 0 Å². The smallest absolute Gasteiger partial charge is 0.162 e. The van der Waals surface area contributed by atoms with Crippen molar-refractivity contribution in [3.05, 3.63) is 0 Å². The van der Waals surface area contributed by atoms with E-state index in [1.54, 1.807) is 11.8 Å². The van der Waals surface area contributed by atoms with E-state index >= 15 is 0 Å². The topological polar surface area (TPSA) is 46.0 Å². The largest absolute Gasteiger partial charge is 0.389 e. The van der Waals surface area contributed by atoms with Gasteiger partial charge in [-0.2, -0.15) is 0 Å². The highest BCUT2D eigenvalue weighted by atomic mass is 32.2. The summed E-state index contributed by atoms with van der Waals surface area (Å²) < 4.78 is 0. The van der Waals surface area contributed by atoms with Crippen LogP contribution in [0, 0.1) is 0 Å². The molecule has 0 radical (unpaired) electrons. The number of aliphatic imine (C=N–C) groups is 1. The van der Waals surface area contributed by atoms with E-state index in [0.29, 0.717) is 0 Å². The highest BCUT2D eigenvalue weighted by Crippen LogP contribution is 2.27. The average molecular weight is 199 g/mol. The molecule has 2 heterocycles. The fourth-order valence-electron chi connectivity index (χ4n) is 1.21. The van der Waals surface area contributed by atoms with Gasteiger partial charge in [0.15, 0.2) is 5.17 Å². The van der Waals surface area contributed by atoms with Gasteiger partial charge in [0, 0.05) is 13.0 Å². The summed E-state index contributed by atoms with van der Waals surface area (Å²) in [5.41, 5.74) is -0.137. The fourth-order valence-corrected chi connectivity index (χ4v) is 2.26. The SMILES string of the molecule is CC1(C)CC(SC2=NCCN2)=NO1. The van der Waals surface area contributed by atoms with Crippen LogP contribution in [0.25, 0.3) is 0 Å². The molecule has 0 aromatic carbocycles. The van der Waals surface area contributed by atoms with Gasteiger partial charge in [0.1, 0.15) is 10.6 Å². The molecule has 0 amide bonds. The van der Waals surface area contributed by atoms with Gasteiger partial charge in [0.25, 0.3) is 0 Å². The molecular formula is C8H13N3OS. The van der Waals surface area contributed by atoms with Crippen LogP contribution in [0.2, 0.25) is 0 Å². The van der Waals surface area contributed by atoms with Gasteiger partial charge in [-0.05, 0) is 25.6 Å². The number of nitrogens with zero attached hydrogens (tertiary/aromatic N) is 2. The summed E-state index contributed by atoms with van der Waals surface area (Å²) in [7, 11) is 0. The average Bonchev–Trinajstić information content (AvgIpc) is 2.61. The van der Waals surface area contributed by atoms with Crippen molar-refractivity contribution in [2.45, 2.75) is 25.9 Å². The lowest BCUT2D eigenvalue weighted by Gasteiger charge is -2.12. The van der Waals surface area contributed by atoms with Crippen LogP contribution in [0.1, 0.15) is 20.3 Å². The number of thioether (sulfide) groups is 1. The maximum Gasteiger partial charge on any atom is 0.162 e. The zero-order valence-electron chi connectivity index (χ0n) is 7.83. The molecule has 2 rings (SSSR count). The molecule has 0 saturated heterocycles. The van der Waals surface area contributed by atoms with Crippen LogP contribution < -0.4 is 5.32 Å². The van der Waals surface area contributed by atoms with Gasteiger partial charge in [-0.25, -0.2) is 0 Å². The van der Waals surface area contributed by atoms with E-state index in [0.717, 1.165) is 29.7 Å². The predicted octanol–water partition coefficient (Wildman–Crippen LogP) is 1.19. The van der Waals surface area contributed by atoms with Crippen molar-refractivity contribution >= 4 is 22.0 Å². The number of oxime groups is 1. The Morgan fingerprint density at radius 2 is 2.38 bits per heavy atom. The lowest BCUT2D eigenvalue weighted by molar-refractivity contribution is 0.0123. The van der Waals surface area contributed by atoms with E-state index in [2.05, 4.69) is 15.5 Å². The van der Waals surface area contributed by atoms with Crippen LogP contribution in [0.3, 0.4) is 0 Å². The third kappa shape index (κ3) is 2.15. The first kappa shape index (κ1) is 8.87. The van der Waals surface area contributed by atoms with Crippen molar-refractivity contribution in [2.24, 2.45) is 10.1 Å². The Bertz CT molecular complexity index is 273. The second-order valence-corrected chi connectivity index (χ2v) is 4.79. The lowest BCUT2D eigenvalue weighted by atomic mass is 10.1. The number of rotatable bonds is 0. The van der Waals surface area contributed by atoms with Crippen LogP contribution >= 0.6 is 11.8 Å². The highest BCUT2D eigenvalue weighted by molar-refractivity contribution is 8.26. The van der Waals surface area contributed by atoms with Crippen molar-refractivity contribution in [3.63, 3.8) is 0 Å². The van der Waals surface area contributed by atoms with Gasteiger partial charge in [-0.3, -0.25) is 4.99 Å². The number of hydrogen-bond acceptors (Lipinski definition) is 5. The summed E-state index contributed by atoms with van der Waals surface area (Å²) in [6, 6.07) is 0. The van der Waals surface area contributed by atoms with Gasteiger partial charge < -0.3 is 10.2 Å². The predicted molar refractivity (Wildman–Crippen MR) is 55.1 cm³/mol. The monoisotopic (exact) mass is 199 g/mol. The Morgan fingerprint density at radius 3 is 2.92 bits per heavy atom. The van der Waals surface area contributed by atoms with Crippen molar-refractivity contribution < 1.29 is 4.84 Å². The first-order chi connectivity index (χ1) is 6.16. The highest BCUT2D eigenvalue weighted by Gasteiger charge is 2.30. The molecule has 0 spiro atoms. The van der Waals surface area contributed by atoms with Gasteiger partial charge in [-0.1, -0.05) is 5.16 Å². The van der Waals surface area contributed by atoms with E-state index in [1.165, 1.54) is 0 Å². The summed E-state index contributed by atoms with van der Waals surface area (Å²) in [6.45, 7) is 5.89. The second kappa shape index (κ2) is 3.21. The molecule has 0 atom stereocenters. The zero-order chi connectivity index (χ0) is 9.31. The molecule has 2 aliphatic rings. The molecule has 0 saturated carbocycles. The van der Waals surface area contributed by atoms with E-state index in [9.17, 15) is 0 Å². The Kier molecular flexibility index (Phi) is 2.19. The lowest BCUT2D eigenvalue weighted by Crippen LogP contribution is -2.20. The molecule has 0 aromatic rings. The maximum absolute atomic E-state index is 5.25. The van der Waals surface area contributed by atoms with Gasteiger partial charge in [0.2, 0.25) is 0 Å². The van der Waals surface area contributed by atoms with E-state index in [4.69, 9.17) is 4.84 Å². The molecular weight excluding hydrogens is 186 g/mol. The molecule has 0 aromatic heterocycles. The number of nitrogens with one attached hydrogen (secondary N) is 1. The molecule has 2 aliphatic heterocycles. The first-order valence-electron chi connectivity index (χ1n) is 4.37. The Labute approximate surface area is 81.8 Å². The van der Waals surface area contributed by atoms with E-state index < -0.39 is 0 Å². The number of amidine groups is 1. The minimum absolute atomic E-state index is 0.137. The van der Waals surface area contributed by atoms with Crippen LogP contribution in [-0.2, 0) is 4.84 Å². The quantitative estimate of drug-likeness (QED) is 0.637. The van der Waals surface area contributed by atoms with Crippen molar-refractivity contribution in [1.82, 2.24) is 5.32 Å².